The van der Waals surface area contributed by atoms with Gasteiger partial charge < -0.3 is 9.30 Å². The lowest BCUT2D eigenvalue weighted by Gasteiger charge is -2.03. The summed E-state index contributed by atoms with van der Waals surface area (Å²) in [7, 11) is 0. The van der Waals surface area contributed by atoms with Crippen LogP contribution in [0.1, 0.15) is 18.1 Å². The van der Waals surface area contributed by atoms with Crippen molar-refractivity contribution in [1.82, 2.24) is 9.55 Å². The van der Waals surface area contributed by atoms with Crippen LogP contribution in [0.15, 0.2) is 30.6 Å². The summed E-state index contributed by atoms with van der Waals surface area (Å²) in [6.45, 7) is 6.96. The van der Waals surface area contributed by atoms with E-state index in [9.17, 15) is 4.79 Å². The number of hydrogen-bond donors (Lipinski definition) is 0. The Morgan fingerprint density at radius 3 is 2.84 bits per heavy atom. The van der Waals surface area contributed by atoms with Gasteiger partial charge in [-0.3, -0.25) is 0 Å². The van der Waals surface area contributed by atoms with Gasteiger partial charge in [0.25, 0.3) is 0 Å². The van der Waals surface area contributed by atoms with Crippen molar-refractivity contribution in [1.29, 1.82) is 0 Å². The molecule has 0 fully saturated rings. The number of benzene rings is 1. The molecule has 0 aliphatic heterocycles. The van der Waals surface area contributed by atoms with Crippen LogP contribution in [0.3, 0.4) is 0 Å². The minimum Gasteiger partial charge on any atom is -0.463 e. The Kier molecular flexibility index (Phi) is 4.00. The van der Waals surface area contributed by atoms with Crippen molar-refractivity contribution in [2.24, 2.45) is 0 Å². The van der Waals surface area contributed by atoms with E-state index < -0.39 is 0 Å². The molecule has 4 heteroatoms. The molecule has 2 aromatic rings. The molecule has 0 atom stereocenters. The van der Waals surface area contributed by atoms with E-state index in [-0.39, 0.29) is 5.97 Å². The number of hydrogen-bond acceptors (Lipinski definition) is 3. The molecule has 19 heavy (non-hydrogen) atoms. The summed E-state index contributed by atoms with van der Waals surface area (Å²) in [6.07, 6.45) is 5.03. The first-order valence-electron chi connectivity index (χ1n) is 6.37. The first kappa shape index (κ1) is 13.3. The second kappa shape index (κ2) is 5.69. The van der Waals surface area contributed by atoms with Gasteiger partial charge in [-0.15, -0.1) is 0 Å². The van der Waals surface area contributed by atoms with E-state index in [4.69, 9.17) is 4.74 Å². The Bertz CT molecular complexity index is 626. The lowest BCUT2D eigenvalue weighted by Crippen LogP contribution is -2.00. The molecule has 2 rings (SSSR count). The molecule has 0 saturated carbocycles. The van der Waals surface area contributed by atoms with Crippen molar-refractivity contribution in [3.05, 3.63) is 41.7 Å². The zero-order chi connectivity index (χ0) is 13.8. The van der Waals surface area contributed by atoms with E-state index in [1.165, 1.54) is 17.2 Å². The maximum absolute atomic E-state index is 11.2. The molecule has 0 aliphatic carbocycles. The normalized spacial score (nSPS) is 11.3. The van der Waals surface area contributed by atoms with E-state index in [0.29, 0.717) is 13.2 Å². The van der Waals surface area contributed by atoms with Crippen LogP contribution in [0.4, 0.5) is 0 Å². The van der Waals surface area contributed by atoms with Gasteiger partial charge in [0.1, 0.15) is 0 Å². The highest BCUT2D eigenvalue weighted by Gasteiger charge is 2.04. The third-order valence-electron chi connectivity index (χ3n) is 3.08. The highest BCUT2D eigenvalue weighted by atomic mass is 16.5. The Morgan fingerprint density at radius 2 is 2.11 bits per heavy atom. The number of carbonyl (C=O) groups excluding carboxylic acids is 1. The summed E-state index contributed by atoms with van der Waals surface area (Å²) in [5, 5.41) is 0. The smallest absolute Gasteiger partial charge is 0.330 e. The van der Waals surface area contributed by atoms with Crippen LogP contribution < -0.4 is 0 Å². The first-order chi connectivity index (χ1) is 9.11. The highest BCUT2D eigenvalue weighted by molar-refractivity contribution is 5.82. The lowest BCUT2D eigenvalue weighted by molar-refractivity contribution is -0.137. The topological polar surface area (TPSA) is 44.1 Å². The van der Waals surface area contributed by atoms with Crippen LogP contribution in [0.25, 0.3) is 11.0 Å². The fourth-order valence-corrected chi connectivity index (χ4v) is 1.91. The summed E-state index contributed by atoms with van der Waals surface area (Å²) in [4.78, 5) is 15.6. The Morgan fingerprint density at radius 1 is 1.37 bits per heavy atom. The SMILES string of the molecule is CCOC(=O)/C=C/Cn1cnc2cc(C)c(C)cc21. The van der Waals surface area contributed by atoms with Gasteiger partial charge in [0.15, 0.2) is 0 Å². The van der Waals surface area contributed by atoms with Gasteiger partial charge in [-0.05, 0) is 44.0 Å². The zero-order valence-corrected chi connectivity index (χ0v) is 11.5. The maximum Gasteiger partial charge on any atom is 0.330 e. The minimum absolute atomic E-state index is 0.307. The number of aromatic nitrogens is 2. The fraction of sp³-hybridized carbons (Fsp3) is 0.333. The van der Waals surface area contributed by atoms with Gasteiger partial charge in [0.05, 0.1) is 24.0 Å². The second-order valence-corrected chi connectivity index (χ2v) is 4.48. The average Bonchev–Trinajstić information content (AvgIpc) is 2.73. The molecule has 1 aromatic carbocycles. The minimum atomic E-state index is -0.307. The largest absolute Gasteiger partial charge is 0.463 e. The van der Waals surface area contributed by atoms with Crippen LogP contribution in [-0.2, 0) is 16.1 Å². The fourth-order valence-electron chi connectivity index (χ4n) is 1.91. The van der Waals surface area contributed by atoms with Crippen molar-refractivity contribution in [3.8, 4) is 0 Å². The number of esters is 1. The summed E-state index contributed by atoms with van der Waals surface area (Å²) in [5.41, 5.74) is 4.53. The molecule has 0 amide bonds. The third-order valence-corrected chi connectivity index (χ3v) is 3.08. The van der Waals surface area contributed by atoms with Gasteiger partial charge in [-0.1, -0.05) is 6.08 Å². The highest BCUT2D eigenvalue weighted by Crippen LogP contribution is 2.18. The van der Waals surface area contributed by atoms with Crippen LogP contribution >= 0.6 is 0 Å². The van der Waals surface area contributed by atoms with Crippen LogP contribution in [-0.4, -0.2) is 22.1 Å². The summed E-state index contributed by atoms with van der Waals surface area (Å²) < 4.78 is 6.84. The van der Waals surface area contributed by atoms with Crippen LogP contribution in [0, 0.1) is 13.8 Å². The summed E-state index contributed by atoms with van der Waals surface area (Å²) >= 11 is 0. The van der Waals surface area contributed by atoms with Gasteiger partial charge in [0.2, 0.25) is 0 Å². The molecule has 1 heterocycles. The first-order valence-corrected chi connectivity index (χ1v) is 6.37. The Balaban J connectivity index is 2.17. The van der Waals surface area contributed by atoms with E-state index in [1.54, 1.807) is 19.3 Å². The van der Waals surface area contributed by atoms with E-state index in [0.717, 1.165) is 11.0 Å². The van der Waals surface area contributed by atoms with Crippen LogP contribution in [0.5, 0.6) is 0 Å². The van der Waals surface area contributed by atoms with Crippen molar-refractivity contribution in [2.45, 2.75) is 27.3 Å². The molecule has 4 nitrogen and oxygen atoms in total. The van der Waals surface area contributed by atoms with Gasteiger partial charge >= 0.3 is 5.97 Å². The Hall–Kier alpha value is -2.10. The molecule has 1 aromatic heterocycles. The van der Waals surface area contributed by atoms with Crippen molar-refractivity contribution in [2.75, 3.05) is 6.61 Å². The number of nitrogens with zero attached hydrogens (tertiary/aromatic N) is 2. The number of ether oxygens (including phenoxy) is 1. The lowest BCUT2D eigenvalue weighted by atomic mass is 10.1. The molecule has 0 bridgehead atoms. The predicted octanol–water partition coefficient (Wildman–Crippen LogP) is 2.77. The molecule has 0 saturated heterocycles. The number of aryl methyl sites for hydroxylation is 2. The quantitative estimate of drug-likeness (QED) is 0.625. The third kappa shape index (κ3) is 3.02. The van der Waals surface area contributed by atoms with Gasteiger partial charge in [-0.25, -0.2) is 9.78 Å². The average molecular weight is 258 g/mol. The van der Waals surface area contributed by atoms with Crippen molar-refractivity contribution in [3.63, 3.8) is 0 Å². The van der Waals surface area contributed by atoms with E-state index in [2.05, 4.69) is 31.0 Å². The predicted molar refractivity (Wildman–Crippen MR) is 75.0 cm³/mol. The zero-order valence-electron chi connectivity index (χ0n) is 11.5. The molecule has 0 N–H and O–H groups in total. The molecule has 0 radical (unpaired) electrons. The van der Waals surface area contributed by atoms with Crippen LogP contribution in [0.2, 0.25) is 0 Å². The van der Waals surface area contributed by atoms with Crippen molar-refractivity contribution >= 4 is 17.0 Å². The second-order valence-electron chi connectivity index (χ2n) is 4.48. The molecule has 0 spiro atoms. The molecular weight excluding hydrogens is 240 g/mol. The number of imidazole rings is 1. The standard InChI is InChI=1S/C15H18N2O2/c1-4-19-15(18)6-5-7-17-10-16-13-8-11(2)12(3)9-14(13)17/h5-6,8-10H,4,7H2,1-3H3/b6-5+. The number of rotatable bonds is 4. The molecular formula is C15H18N2O2. The number of carbonyl (C=O) groups is 1. The van der Waals surface area contributed by atoms with E-state index in [1.807, 2.05) is 4.57 Å². The summed E-state index contributed by atoms with van der Waals surface area (Å²) in [6, 6.07) is 4.20. The van der Waals surface area contributed by atoms with E-state index >= 15 is 0 Å². The van der Waals surface area contributed by atoms with Crippen molar-refractivity contribution < 1.29 is 9.53 Å². The molecule has 0 aliphatic rings. The monoisotopic (exact) mass is 258 g/mol. The molecule has 100 valence electrons. The Labute approximate surface area is 112 Å². The number of fused-ring (bicyclic) bond motifs is 1. The molecule has 0 unspecified atom stereocenters. The summed E-state index contributed by atoms with van der Waals surface area (Å²) in [5.74, 6) is -0.307. The number of allylic oxidation sites excluding steroid dienone is 1. The van der Waals surface area contributed by atoms with Gasteiger partial charge in [-0.2, -0.15) is 0 Å². The van der Waals surface area contributed by atoms with Gasteiger partial charge in [0, 0.05) is 12.6 Å². The maximum atomic E-state index is 11.2.